The monoisotopic (exact) mass is 219 g/mol. The minimum atomic E-state index is 0.326. The maximum Gasteiger partial charge on any atom is 0.223 e. The van der Waals surface area contributed by atoms with Crippen LogP contribution in [0.3, 0.4) is 0 Å². The van der Waals surface area contributed by atoms with Crippen LogP contribution < -0.4 is 5.32 Å². The van der Waals surface area contributed by atoms with Gasteiger partial charge in [0.2, 0.25) is 5.91 Å². The second kappa shape index (κ2) is 2.83. The molecule has 0 aromatic heterocycles. The van der Waals surface area contributed by atoms with E-state index in [1.807, 2.05) is 0 Å². The van der Waals surface area contributed by atoms with E-state index >= 15 is 0 Å². The van der Waals surface area contributed by atoms with Gasteiger partial charge in [-0.3, -0.25) is 4.79 Å². The average Bonchev–Trinajstić information content (AvgIpc) is 3.00. The van der Waals surface area contributed by atoms with Gasteiger partial charge in [0.15, 0.2) is 0 Å². The van der Waals surface area contributed by atoms with E-state index in [1.54, 1.807) is 7.05 Å². The summed E-state index contributed by atoms with van der Waals surface area (Å²) in [5.74, 6) is 4.58. The van der Waals surface area contributed by atoms with Gasteiger partial charge in [-0.05, 0) is 67.6 Å². The van der Waals surface area contributed by atoms with Crippen molar-refractivity contribution in [3.05, 3.63) is 0 Å². The molecule has 5 aliphatic rings. The molecule has 5 saturated carbocycles. The first-order chi connectivity index (χ1) is 7.74. The molecule has 16 heavy (non-hydrogen) atoms. The van der Waals surface area contributed by atoms with Gasteiger partial charge < -0.3 is 5.32 Å². The highest BCUT2D eigenvalue weighted by Crippen LogP contribution is 2.74. The Kier molecular flexibility index (Phi) is 1.68. The summed E-state index contributed by atoms with van der Waals surface area (Å²) in [4.78, 5) is 11.9. The number of hydrogen-bond donors (Lipinski definition) is 1. The normalized spacial score (nSPS) is 56.7. The topological polar surface area (TPSA) is 29.1 Å². The fourth-order valence-corrected chi connectivity index (χ4v) is 5.77. The third kappa shape index (κ3) is 0.970. The standard InChI is InChI=1S/C14H21NO/c1-15-13(16)12-7-14(12)10-3-8-2-9(5-10)6-11(14)4-8/h8-12H,2-7H2,1H3,(H,15,16)/t8?,9?,10?,11?,12-,14?/m1/s1. The molecule has 5 fully saturated rings. The Labute approximate surface area is 97.2 Å². The lowest BCUT2D eigenvalue weighted by Crippen LogP contribution is -2.48. The van der Waals surface area contributed by atoms with Gasteiger partial charge in [-0.15, -0.1) is 0 Å². The summed E-state index contributed by atoms with van der Waals surface area (Å²) in [5.41, 5.74) is 0.480. The van der Waals surface area contributed by atoms with E-state index in [2.05, 4.69) is 5.32 Å². The lowest BCUT2D eigenvalue weighted by Gasteiger charge is -2.55. The molecular weight excluding hydrogens is 198 g/mol. The van der Waals surface area contributed by atoms with Crippen molar-refractivity contribution in [2.75, 3.05) is 7.05 Å². The van der Waals surface area contributed by atoms with Crippen molar-refractivity contribution in [2.24, 2.45) is 35.0 Å². The number of hydrogen-bond acceptors (Lipinski definition) is 1. The Hall–Kier alpha value is -0.530. The third-order valence-corrected chi connectivity index (χ3v) is 6.27. The number of carbonyl (C=O) groups excluding carboxylic acids is 1. The summed E-state index contributed by atoms with van der Waals surface area (Å²) >= 11 is 0. The quantitative estimate of drug-likeness (QED) is 0.719. The van der Waals surface area contributed by atoms with Crippen LogP contribution in [-0.4, -0.2) is 13.0 Å². The highest BCUT2D eigenvalue weighted by molar-refractivity contribution is 5.82. The Balaban J connectivity index is 1.64. The van der Waals surface area contributed by atoms with Crippen molar-refractivity contribution in [3.8, 4) is 0 Å². The van der Waals surface area contributed by atoms with Gasteiger partial charge in [0.05, 0.1) is 0 Å². The molecule has 0 heterocycles. The van der Waals surface area contributed by atoms with E-state index in [0.29, 0.717) is 17.2 Å². The van der Waals surface area contributed by atoms with Gasteiger partial charge in [-0.2, -0.15) is 0 Å². The fourth-order valence-electron chi connectivity index (χ4n) is 5.77. The van der Waals surface area contributed by atoms with E-state index in [-0.39, 0.29) is 0 Å². The van der Waals surface area contributed by atoms with Crippen molar-refractivity contribution in [1.29, 1.82) is 0 Å². The maximum atomic E-state index is 11.9. The molecule has 5 rings (SSSR count). The van der Waals surface area contributed by atoms with Crippen molar-refractivity contribution in [1.82, 2.24) is 5.32 Å². The van der Waals surface area contributed by atoms with Crippen molar-refractivity contribution in [3.63, 3.8) is 0 Å². The SMILES string of the molecule is CNC(=O)[C@H]1CC12C1CC3CC(C1)CC2C3. The summed E-state index contributed by atoms with van der Waals surface area (Å²) in [5, 5.41) is 2.87. The Morgan fingerprint density at radius 2 is 1.62 bits per heavy atom. The maximum absolute atomic E-state index is 11.9. The molecule has 0 unspecified atom stereocenters. The molecule has 4 bridgehead atoms. The summed E-state index contributed by atoms with van der Waals surface area (Å²) < 4.78 is 0. The fraction of sp³-hybridized carbons (Fsp3) is 0.929. The molecule has 1 amide bonds. The number of amides is 1. The molecule has 1 atom stereocenters. The molecule has 0 aromatic carbocycles. The molecular formula is C14H21NO. The molecule has 2 nitrogen and oxygen atoms in total. The van der Waals surface area contributed by atoms with Crippen LogP contribution in [0.5, 0.6) is 0 Å². The van der Waals surface area contributed by atoms with Crippen LogP contribution in [0.1, 0.15) is 38.5 Å². The predicted molar refractivity (Wildman–Crippen MR) is 61.7 cm³/mol. The van der Waals surface area contributed by atoms with Gasteiger partial charge in [-0.25, -0.2) is 0 Å². The van der Waals surface area contributed by atoms with E-state index in [0.717, 1.165) is 23.7 Å². The van der Waals surface area contributed by atoms with Crippen molar-refractivity contribution in [2.45, 2.75) is 38.5 Å². The van der Waals surface area contributed by atoms with Crippen molar-refractivity contribution < 1.29 is 4.79 Å². The first-order valence-corrected chi connectivity index (χ1v) is 6.95. The van der Waals surface area contributed by atoms with Gasteiger partial charge in [0.25, 0.3) is 0 Å². The van der Waals surface area contributed by atoms with Crippen LogP contribution in [0.15, 0.2) is 0 Å². The molecule has 0 radical (unpaired) electrons. The van der Waals surface area contributed by atoms with Gasteiger partial charge in [0, 0.05) is 13.0 Å². The molecule has 0 saturated heterocycles. The summed E-state index contributed by atoms with van der Waals surface area (Å²) in [6.07, 6.45) is 8.50. The van der Waals surface area contributed by atoms with E-state index in [4.69, 9.17) is 0 Å². The zero-order valence-corrected chi connectivity index (χ0v) is 10.0. The van der Waals surface area contributed by atoms with Crippen molar-refractivity contribution >= 4 is 5.91 Å². The largest absolute Gasteiger partial charge is 0.359 e. The molecule has 2 heteroatoms. The van der Waals surface area contributed by atoms with Crippen LogP contribution in [0.25, 0.3) is 0 Å². The van der Waals surface area contributed by atoms with Gasteiger partial charge in [0.1, 0.15) is 0 Å². The first kappa shape index (κ1) is 9.49. The molecule has 88 valence electrons. The second-order valence-electron chi connectivity index (χ2n) is 6.79. The molecule has 0 aliphatic heterocycles. The minimum absolute atomic E-state index is 0.326. The van der Waals surface area contributed by atoms with Gasteiger partial charge >= 0.3 is 0 Å². The number of rotatable bonds is 1. The second-order valence-corrected chi connectivity index (χ2v) is 6.79. The zero-order valence-electron chi connectivity index (χ0n) is 10.0. The lowest BCUT2D eigenvalue weighted by molar-refractivity contribution is -0.126. The van der Waals surface area contributed by atoms with Crippen LogP contribution in [0.4, 0.5) is 0 Å². The molecule has 1 N–H and O–H groups in total. The van der Waals surface area contributed by atoms with Gasteiger partial charge in [-0.1, -0.05) is 0 Å². The summed E-state index contributed by atoms with van der Waals surface area (Å²) in [6.45, 7) is 0. The Morgan fingerprint density at radius 1 is 1.06 bits per heavy atom. The summed E-state index contributed by atoms with van der Waals surface area (Å²) in [7, 11) is 1.80. The number of nitrogens with one attached hydrogen (secondary N) is 1. The van der Waals surface area contributed by atoms with Crippen LogP contribution in [-0.2, 0) is 4.79 Å². The number of carbonyl (C=O) groups is 1. The zero-order chi connectivity index (χ0) is 10.9. The van der Waals surface area contributed by atoms with Crippen LogP contribution in [0.2, 0.25) is 0 Å². The Bertz CT molecular complexity index is 321. The van der Waals surface area contributed by atoms with Crippen LogP contribution >= 0.6 is 0 Å². The molecule has 1 spiro atoms. The van der Waals surface area contributed by atoms with Crippen LogP contribution in [0, 0.1) is 35.0 Å². The predicted octanol–water partition coefficient (Wildman–Crippen LogP) is 2.19. The highest BCUT2D eigenvalue weighted by atomic mass is 16.2. The van der Waals surface area contributed by atoms with E-state index in [9.17, 15) is 4.79 Å². The highest BCUT2D eigenvalue weighted by Gasteiger charge is 2.70. The molecule has 0 aromatic rings. The van der Waals surface area contributed by atoms with E-state index in [1.165, 1.54) is 38.5 Å². The van der Waals surface area contributed by atoms with E-state index < -0.39 is 0 Å². The third-order valence-electron chi connectivity index (χ3n) is 6.27. The summed E-state index contributed by atoms with van der Waals surface area (Å²) in [6, 6.07) is 0. The first-order valence-electron chi connectivity index (χ1n) is 6.95. The molecule has 5 aliphatic carbocycles. The Morgan fingerprint density at radius 3 is 2.12 bits per heavy atom. The minimum Gasteiger partial charge on any atom is -0.359 e. The average molecular weight is 219 g/mol. The smallest absolute Gasteiger partial charge is 0.223 e. The lowest BCUT2D eigenvalue weighted by atomic mass is 9.49.